The molecule has 0 aromatic heterocycles. The summed E-state index contributed by atoms with van der Waals surface area (Å²) in [5.74, 6) is -0.702. The standard InChI is InChI=1S/C26H23ClFN3O2/c27-21-11-9-19(10-12-21)25-14-20(16-31(30-25)24-8-4-7-22(28)15-24)26(33)29-23(17-32)13-18-5-2-1-3-6-18/h1-12,14-15,23,32H,13,16-17H2,(H,29,33)/t23-/m1/s1. The number of hydrogen-bond donors (Lipinski definition) is 2. The first-order valence-corrected chi connectivity index (χ1v) is 10.9. The third-order valence-corrected chi connectivity index (χ3v) is 5.53. The molecule has 1 aliphatic rings. The van der Waals surface area contributed by atoms with Crippen LogP contribution in [-0.2, 0) is 11.2 Å². The molecule has 0 bridgehead atoms. The van der Waals surface area contributed by atoms with Crippen molar-refractivity contribution in [3.8, 4) is 0 Å². The highest BCUT2D eigenvalue weighted by Gasteiger charge is 2.23. The van der Waals surface area contributed by atoms with E-state index in [-0.39, 0.29) is 24.9 Å². The van der Waals surface area contributed by atoms with Crippen molar-refractivity contribution in [2.24, 2.45) is 5.10 Å². The molecule has 0 spiro atoms. The lowest BCUT2D eigenvalue weighted by Gasteiger charge is -2.27. The number of rotatable bonds is 7. The van der Waals surface area contributed by atoms with Crippen molar-refractivity contribution >= 4 is 28.9 Å². The fraction of sp³-hybridized carbons (Fsp3) is 0.154. The van der Waals surface area contributed by atoms with Gasteiger partial charge in [-0.15, -0.1) is 0 Å². The van der Waals surface area contributed by atoms with E-state index in [0.717, 1.165) is 11.1 Å². The fourth-order valence-electron chi connectivity index (χ4n) is 3.59. The van der Waals surface area contributed by atoms with Gasteiger partial charge in [-0.2, -0.15) is 5.10 Å². The van der Waals surface area contributed by atoms with Crippen LogP contribution < -0.4 is 10.3 Å². The summed E-state index contributed by atoms with van der Waals surface area (Å²) in [7, 11) is 0. The van der Waals surface area contributed by atoms with E-state index in [9.17, 15) is 14.3 Å². The molecule has 0 aliphatic carbocycles. The second-order valence-electron chi connectivity index (χ2n) is 7.74. The van der Waals surface area contributed by atoms with E-state index >= 15 is 0 Å². The quantitative estimate of drug-likeness (QED) is 0.547. The Morgan fingerprint density at radius 1 is 1.09 bits per heavy atom. The average molecular weight is 464 g/mol. The normalized spacial score (nSPS) is 14.3. The molecule has 0 unspecified atom stereocenters. The van der Waals surface area contributed by atoms with Crippen LogP contribution in [0.4, 0.5) is 10.1 Å². The average Bonchev–Trinajstić information content (AvgIpc) is 2.84. The summed E-state index contributed by atoms with van der Waals surface area (Å²) < 4.78 is 13.9. The zero-order chi connectivity index (χ0) is 23.2. The van der Waals surface area contributed by atoms with E-state index in [0.29, 0.717) is 28.4 Å². The van der Waals surface area contributed by atoms with Crippen molar-refractivity contribution < 1.29 is 14.3 Å². The predicted octanol–water partition coefficient (Wildman–Crippen LogP) is 4.35. The molecule has 0 radical (unpaired) electrons. The summed E-state index contributed by atoms with van der Waals surface area (Å²) in [4.78, 5) is 13.2. The topological polar surface area (TPSA) is 64.9 Å². The van der Waals surface area contributed by atoms with Crippen molar-refractivity contribution in [2.45, 2.75) is 12.5 Å². The Labute approximate surface area is 196 Å². The van der Waals surface area contributed by atoms with Gasteiger partial charge in [0, 0.05) is 16.2 Å². The molecular formula is C26H23ClFN3O2. The summed E-state index contributed by atoms with van der Waals surface area (Å²) in [6.07, 6.45) is 2.22. The smallest absolute Gasteiger partial charge is 0.249 e. The van der Waals surface area contributed by atoms with Gasteiger partial charge in [0.2, 0.25) is 5.91 Å². The molecule has 0 fully saturated rings. The molecule has 5 nitrogen and oxygen atoms in total. The Kier molecular flexibility index (Phi) is 7.17. The van der Waals surface area contributed by atoms with Crippen molar-refractivity contribution in [3.63, 3.8) is 0 Å². The fourth-order valence-corrected chi connectivity index (χ4v) is 3.71. The molecule has 33 heavy (non-hydrogen) atoms. The minimum atomic E-state index is -0.443. The number of nitrogens with one attached hydrogen (secondary N) is 1. The summed E-state index contributed by atoms with van der Waals surface area (Å²) in [6.45, 7) is -0.0322. The van der Waals surface area contributed by atoms with E-state index < -0.39 is 6.04 Å². The first kappa shape index (κ1) is 22.7. The van der Waals surface area contributed by atoms with Gasteiger partial charge in [-0.25, -0.2) is 4.39 Å². The first-order chi connectivity index (χ1) is 16.0. The van der Waals surface area contributed by atoms with Gasteiger partial charge < -0.3 is 10.4 Å². The van der Waals surface area contributed by atoms with E-state index in [4.69, 9.17) is 11.6 Å². The minimum Gasteiger partial charge on any atom is -0.394 e. The second kappa shape index (κ2) is 10.4. The Balaban J connectivity index is 1.60. The number of carbonyl (C=O) groups excluding carboxylic acids is 1. The molecule has 1 atom stereocenters. The van der Waals surface area contributed by atoms with Crippen molar-refractivity contribution in [2.75, 3.05) is 18.2 Å². The van der Waals surface area contributed by atoms with E-state index in [1.54, 1.807) is 35.4 Å². The van der Waals surface area contributed by atoms with Crippen LogP contribution in [0, 0.1) is 5.82 Å². The minimum absolute atomic E-state index is 0.163. The lowest BCUT2D eigenvalue weighted by atomic mass is 10.0. The molecule has 3 aromatic carbocycles. The van der Waals surface area contributed by atoms with Crippen LogP contribution in [0.2, 0.25) is 5.02 Å². The largest absolute Gasteiger partial charge is 0.394 e. The van der Waals surface area contributed by atoms with Crippen LogP contribution in [0.5, 0.6) is 0 Å². The maximum absolute atomic E-state index is 13.9. The molecule has 4 rings (SSSR count). The van der Waals surface area contributed by atoms with Gasteiger partial charge in [0.25, 0.3) is 0 Å². The third-order valence-electron chi connectivity index (χ3n) is 5.28. The number of nitrogens with zero attached hydrogens (tertiary/aromatic N) is 2. The van der Waals surface area contributed by atoms with E-state index in [1.165, 1.54) is 12.1 Å². The molecule has 168 valence electrons. The van der Waals surface area contributed by atoms with E-state index in [1.807, 2.05) is 42.5 Å². The predicted molar refractivity (Wildman–Crippen MR) is 129 cm³/mol. The Bertz CT molecular complexity index is 1180. The molecule has 1 heterocycles. The van der Waals surface area contributed by atoms with Gasteiger partial charge in [0.15, 0.2) is 0 Å². The van der Waals surface area contributed by atoms with Crippen LogP contribution in [0.3, 0.4) is 0 Å². The maximum atomic E-state index is 13.9. The molecule has 0 saturated heterocycles. The van der Waals surface area contributed by atoms with Crippen LogP contribution >= 0.6 is 11.6 Å². The molecule has 2 N–H and O–H groups in total. The number of aliphatic hydroxyl groups is 1. The van der Waals surface area contributed by atoms with E-state index in [2.05, 4.69) is 10.4 Å². The van der Waals surface area contributed by atoms with Crippen molar-refractivity contribution in [1.82, 2.24) is 5.32 Å². The van der Waals surface area contributed by atoms with Gasteiger partial charge in [-0.1, -0.05) is 60.1 Å². The molecular weight excluding hydrogens is 441 g/mol. The monoisotopic (exact) mass is 463 g/mol. The molecule has 1 aliphatic heterocycles. The van der Waals surface area contributed by atoms with Crippen molar-refractivity contribution in [3.05, 3.63) is 112 Å². The first-order valence-electron chi connectivity index (χ1n) is 10.6. The number of allylic oxidation sites excluding steroid dienone is 1. The highest BCUT2D eigenvalue weighted by Crippen LogP contribution is 2.23. The second-order valence-corrected chi connectivity index (χ2v) is 8.18. The number of amides is 1. The maximum Gasteiger partial charge on any atom is 0.249 e. The molecule has 3 aromatic rings. The number of hydrogen-bond acceptors (Lipinski definition) is 4. The Morgan fingerprint density at radius 3 is 2.55 bits per heavy atom. The number of halogens is 2. The molecule has 1 amide bonds. The number of benzene rings is 3. The summed E-state index contributed by atoms with van der Waals surface area (Å²) in [6, 6.07) is 22.4. The van der Waals surface area contributed by atoms with Crippen LogP contribution in [-0.4, -0.2) is 35.9 Å². The third kappa shape index (κ3) is 5.86. The molecule has 7 heteroatoms. The van der Waals surface area contributed by atoms with Gasteiger partial charge >= 0.3 is 0 Å². The number of anilines is 1. The van der Waals surface area contributed by atoms with Crippen LogP contribution in [0.15, 0.2) is 95.6 Å². The number of aliphatic hydroxyl groups excluding tert-OH is 1. The lowest BCUT2D eigenvalue weighted by molar-refractivity contribution is -0.118. The number of hydrazone groups is 1. The van der Waals surface area contributed by atoms with Crippen molar-refractivity contribution in [1.29, 1.82) is 0 Å². The molecule has 0 saturated carbocycles. The Hall–Kier alpha value is -3.48. The summed E-state index contributed by atoms with van der Waals surface area (Å²) >= 11 is 6.02. The van der Waals surface area contributed by atoms with Gasteiger partial charge in [0.1, 0.15) is 5.82 Å². The summed E-state index contributed by atoms with van der Waals surface area (Å²) in [5.41, 5.74) is 3.32. The number of carbonyl (C=O) groups is 1. The Morgan fingerprint density at radius 2 is 1.85 bits per heavy atom. The highest BCUT2D eigenvalue weighted by molar-refractivity contribution is 6.30. The van der Waals surface area contributed by atoms with Gasteiger partial charge in [0.05, 0.1) is 30.6 Å². The van der Waals surface area contributed by atoms with Gasteiger partial charge in [-0.05, 0) is 48.4 Å². The van der Waals surface area contributed by atoms with Crippen LogP contribution in [0.1, 0.15) is 11.1 Å². The SMILES string of the molecule is O=C(N[C@@H](CO)Cc1ccccc1)C1=CC(c2ccc(Cl)cc2)=NN(c2cccc(F)c2)C1. The van der Waals surface area contributed by atoms with Gasteiger partial charge in [-0.3, -0.25) is 9.80 Å². The zero-order valence-electron chi connectivity index (χ0n) is 17.8. The summed E-state index contributed by atoms with van der Waals surface area (Å²) in [5, 5.41) is 19.6. The lowest BCUT2D eigenvalue weighted by Crippen LogP contribution is -2.42. The van der Waals surface area contributed by atoms with Crippen LogP contribution in [0.25, 0.3) is 0 Å². The zero-order valence-corrected chi connectivity index (χ0v) is 18.5. The highest BCUT2D eigenvalue weighted by atomic mass is 35.5.